The maximum atomic E-state index is 13.6. The summed E-state index contributed by atoms with van der Waals surface area (Å²) < 4.78 is 13.6. The Morgan fingerprint density at radius 1 is 1.43 bits per heavy atom. The number of carbonyl (C=O) groups is 2. The number of hydrogen-bond acceptors (Lipinski definition) is 3. The molecular weight excluding hydrogens is 273 g/mol. The molecular formula is C15H20FN3O2. The summed E-state index contributed by atoms with van der Waals surface area (Å²) in [5.74, 6) is -1.04. The van der Waals surface area contributed by atoms with Gasteiger partial charge in [-0.2, -0.15) is 0 Å². The second kappa shape index (κ2) is 6.67. The summed E-state index contributed by atoms with van der Waals surface area (Å²) in [6, 6.07) is 4.23. The molecule has 0 aliphatic carbocycles. The van der Waals surface area contributed by atoms with E-state index in [1.807, 2.05) is 7.05 Å². The first-order chi connectivity index (χ1) is 10.0. The summed E-state index contributed by atoms with van der Waals surface area (Å²) in [6.07, 6.45) is 1.93. The topological polar surface area (TPSA) is 61.4 Å². The predicted octanol–water partition coefficient (Wildman–Crippen LogP) is 1.61. The standard InChI is InChI=1S/C15H20FN3O2/c1-10(20)18-14-8-11(5-6-13(14)16)15(21)19-7-3-4-12(19)9-17-2/h5-6,8,12,17H,3-4,7,9H2,1-2H3,(H,18,20). The predicted molar refractivity (Wildman–Crippen MR) is 78.7 cm³/mol. The molecule has 6 heteroatoms. The first-order valence-electron chi connectivity index (χ1n) is 7.05. The van der Waals surface area contributed by atoms with Crippen molar-refractivity contribution in [2.45, 2.75) is 25.8 Å². The van der Waals surface area contributed by atoms with E-state index in [2.05, 4.69) is 10.6 Å². The Morgan fingerprint density at radius 2 is 2.19 bits per heavy atom. The molecule has 114 valence electrons. The largest absolute Gasteiger partial charge is 0.334 e. The summed E-state index contributed by atoms with van der Waals surface area (Å²) in [5.41, 5.74) is 0.431. The van der Waals surface area contributed by atoms with Gasteiger partial charge in [-0.1, -0.05) is 0 Å². The third-order valence-electron chi connectivity index (χ3n) is 3.60. The van der Waals surface area contributed by atoms with Crippen molar-refractivity contribution in [3.05, 3.63) is 29.6 Å². The normalized spacial score (nSPS) is 17.9. The smallest absolute Gasteiger partial charge is 0.254 e. The lowest BCUT2D eigenvalue weighted by molar-refractivity contribution is -0.114. The highest BCUT2D eigenvalue weighted by molar-refractivity contribution is 5.97. The second-order valence-corrected chi connectivity index (χ2v) is 5.23. The van der Waals surface area contributed by atoms with Crippen LogP contribution in [-0.2, 0) is 4.79 Å². The third-order valence-corrected chi connectivity index (χ3v) is 3.60. The number of nitrogens with one attached hydrogen (secondary N) is 2. The van der Waals surface area contributed by atoms with Gasteiger partial charge in [-0.15, -0.1) is 0 Å². The van der Waals surface area contributed by atoms with Crippen LogP contribution in [0.15, 0.2) is 18.2 Å². The van der Waals surface area contributed by atoms with Gasteiger partial charge in [-0.25, -0.2) is 4.39 Å². The monoisotopic (exact) mass is 293 g/mol. The van der Waals surface area contributed by atoms with E-state index in [0.29, 0.717) is 12.1 Å². The van der Waals surface area contributed by atoms with Gasteiger partial charge in [0.2, 0.25) is 5.91 Å². The minimum atomic E-state index is -0.546. The molecule has 1 saturated heterocycles. The first-order valence-corrected chi connectivity index (χ1v) is 7.05. The zero-order valence-electron chi connectivity index (χ0n) is 12.3. The van der Waals surface area contributed by atoms with Crippen molar-refractivity contribution in [1.82, 2.24) is 10.2 Å². The van der Waals surface area contributed by atoms with Crippen LogP contribution >= 0.6 is 0 Å². The van der Waals surface area contributed by atoms with E-state index in [-0.39, 0.29) is 23.5 Å². The molecule has 2 amide bonds. The summed E-state index contributed by atoms with van der Waals surface area (Å²) >= 11 is 0. The number of benzene rings is 1. The maximum Gasteiger partial charge on any atom is 0.254 e. The fourth-order valence-corrected chi connectivity index (χ4v) is 2.66. The molecule has 5 nitrogen and oxygen atoms in total. The van der Waals surface area contributed by atoms with Crippen molar-refractivity contribution in [3.63, 3.8) is 0 Å². The molecule has 1 aliphatic heterocycles. The molecule has 0 saturated carbocycles. The highest BCUT2D eigenvalue weighted by Gasteiger charge is 2.29. The van der Waals surface area contributed by atoms with E-state index in [1.165, 1.54) is 25.1 Å². The Bertz CT molecular complexity index is 548. The van der Waals surface area contributed by atoms with Crippen molar-refractivity contribution in [2.24, 2.45) is 0 Å². The Labute approximate surface area is 123 Å². The van der Waals surface area contributed by atoms with Gasteiger partial charge in [0.15, 0.2) is 0 Å². The highest BCUT2D eigenvalue weighted by atomic mass is 19.1. The molecule has 1 unspecified atom stereocenters. The minimum Gasteiger partial charge on any atom is -0.334 e. The Kier molecular flexibility index (Phi) is 4.90. The van der Waals surface area contributed by atoms with Crippen LogP contribution in [0, 0.1) is 5.82 Å². The summed E-state index contributed by atoms with van der Waals surface area (Å²) in [5, 5.41) is 5.48. The van der Waals surface area contributed by atoms with Gasteiger partial charge in [0, 0.05) is 31.6 Å². The van der Waals surface area contributed by atoms with Crippen LogP contribution in [0.4, 0.5) is 10.1 Å². The molecule has 0 bridgehead atoms. The number of likely N-dealkylation sites (N-methyl/N-ethyl adjacent to an activating group) is 1. The number of anilines is 1. The molecule has 2 N–H and O–H groups in total. The van der Waals surface area contributed by atoms with E-state index >= 15 is 0 Å². The zero-order valence-corrected chi connectivity index (χ0v) is 12.3. The molecule has 1 aromatic carbocycles. The Hall–Kier alpha value is -1.95. The van der Waals surface area contributed by atoms with Crippen LogP contribution in [-0.4, -0.2) is 42.9 Å². The van der Waals surface area contributed by atoms with E-state index in [0.717, 1.165) is 19.4 Å². The van der Waals surface area contributed by atoms with Gasteiger partial charge in [-0.3, -0.25) is 9.59 Å². The van der Waals surface area contributed by atoms with Gasteiger partial charge in [-0.05, 0) is 38.1 Å². The fraction of sp³-hybridized carbons (Fsp3) is 0.467. The lowest BCUT2D eigenvalue weighted by Crippen LogP contribution is -2.40. The molecule has 1 atom stereocenters. The number of carbonyl (C=O) groups excluding carboxylic acids is 2. The van der Waals surface area contributed by atoms with Crippen LogP contribution in [0.25, 0.3) is 0 Å². The number of nitrogens with zero attached hydrogens (tertiary/aromatic N) is 1. The van der Waals surface area contributed by atoms with Crippen LogP contribution in [0.2, 0.25) is 0 Å². The summed E-state index contributed by atoms with van der Waals surface area (Å²) in [6.45, 7) is 2.75. The quantitative estimate of drug-likeness (QED) is 0.886. The van der Waals surface area contributed by atoms with Gasteiger partial charge in [0.05, 0.1) is 5.69 Å². The zero-order chi connectivity index (χ0) is 15.4. The third kappa shape index (κ3) is 3.58. The van der Waals surface area contributed by atoms with E-state index in [9.17, 15) is 14.0 Å². The van der Waals surface area contributed by atoms with E-state index < -0.39 is 5.82 Å². The van der Waals surface area contributed by atoms with Crippen molar-refractivity contribution in [3.8, 4) is 0 Å². The second-order valence-electron chi connectivity index (χ2n) is 5.23. The average Bonchev–Trinajstić information content (AvgIpc) is 2.88. The van der Waals surface area contributed by atoms with Gasteiger partial charge < -0.3 is 15.5 Å². The number of amides is 2. The van der Waals surface area contributed by atoms with Crippen LogP contribution < -0.4 is 10.6 Å². The number of hydrogen-bond donors (Lipinski definition) is 2. The minimum absolute atomic E-state index is 0.0395. The van der Waals surface area contributed by atoms with Crippen LogP contribution in [0.1, 0.15) is 30.1 Å². The molecule has 2 rings (SSSR count). The summed E-state index contributed by atoms with van der Waals surface area (Å²) in [7, 11) is 1.85. The molecule has 1 fully saturated rings. The highest BCUT2D eigenvalue weighted by Crippen LogP contribution is 2.22. The van der Waals surface area contributed by atoms with Gasteiger partial charge >= 0.3 is 0 Å². The van der Waals surface area contributed by atoms with Gasteiger partial charge in [0.1, 0.15) is 5.82 Å². The average molecular weight is 293 g/mol. The molecule has 21 heavy (non-hydrogen) atoms. The van der Waals surface area contributed by atoms with Crippen LogP contribution in [0.5, 0.6) is 0 Å². The Balaban J connectivity index is 2.20. The molecule has 0 spiro atoms. The molecule has 1 aliphatic rings. The Morgan fingerprint density at radius 3 is 2.86 bits per heavy atom. The number of likely N-dealkylation sites (tertiary alicyclic amines) is 1. The number of halogens is 1. The van der Waals surface area contributed by atoms with Crippen LogP contribution in [0.3, 0.4) is 0 Å². The maximum absolute atomic E-state index is 13.6. The fourth-order valence-electron chi connectivity index (χ4n) is 2.66. The lowest BCUT2D eigenvalue weighted by atomic mass is 10.1. The molecule has 0 aromatic heterocycles. The lowest BCUT2D eigenvalue weighted by Gasteiger charge is -2.24. The van der Waals surface area contributed by atoms with Crippen molar-refractivity contribution in [1.29, 1.82) is 0 Å². The van der Waals surface area contributed by atoms with E-state index in [4.69, 9.17) is 0 Å². The van der Waals surface area contributed by atoms with E-state index in [1.54, 1.807) is 4.90 Å². The summed E-state index contributed by atoms with van der Waals surface area (Å²) in [4.78, 5) is 25.4. The first kappa shape index (κ1) is 15.4. The molecule has 0 radical (unpaired) electrons. The SMILES string of the molecule is CNCC1CCCN1C(=O)c1ccc(F)c(NC(C)=O)c1. The molecule has 1 aromatic rings. The van der Waals surface area contributed by atoms with Crippen molar-refractivity contribution >= 4 is 17.5 Å². The van der Waals surface area contributed by atoms with Crippen molar-refractivity contribution in [2.75, 3.05) is 25.5 Å². The molecule has 1 heterocycles. The van der Waals surface area contributed by atoms with Gasteiger partial charge in [0.25, 0.3) is 5.91 Å². The number of rotatable bonds is 4. The van der Waals surface area contributed by atoms with Crippen molar-refractivity contribution < 1.29 is 14.0 Å².